The van der Waals surface area contributed by atoms with Crippen LogP contribution < -0.4 is 11.1 Å². The van der Waals surface area contributed by atoms with Crippen molar-refractivity contribution in [1.82, 2.24) is 14.5 Å². The van der Waals surface area contributed by atoms with Crippen LogP contribution in [-0.4, -0.2) is 32.9 Å². The SMILES string of the molecule is CC1CCCCC1Nc1c(-c2ccc(F)cc2)nc2n1C=CN(C(=O)CN)C2(C)C. The summed E-state index contributed by atoms with van der Waals surface area (Å²) in [6.07, 6.45) is 8.41. The summed E-state index contributed by atoms with van der Waals surface area (Å²) in [5, 5.41) is 3.74. The number of nitrogens with zero attached hydrogens (tertiary/aromatic N) is 3. The number of nitrogens with one attached hydrogen (secondary N) is 1. The van der Waals surface area contributed by atoms with E-state index in [9.17, 15) is 9.18 Å². The molecular formula is C23H30FN5O. The second kappa shape index (κ2) is 7.87. The molecule has 1 aliphatic carbocycles. The molecule has 1 aliphatic heterocycles. The molecule has 2 aromatic rings. The van der Waals surface area contributed by atoms with Crippen molar-refractivity contribution in [3.05, 3.63) is 42.1 Å². The number of carbonyl (C=O) groups is 1. The second-order valence-corrected chi connectivity index (χ2v) is 8.85. The van der Waals surface area contributed by atoms with Gasteiger partial charge >= 0.3 is 0 Å². The Morgan fingerprint density at radius 1 is 1.23 bits per heavy atom. The summed E-state index contributed by atoms with van der Waals surface area (Å²) in [6, 6.07) is 6.74. The van der Waals surface area contributed by atoms with Crippen molar-refractivity contribution in [2.24, 2.45) is 11.7 Å². The number of rotatable bonds is 4. The molecule has 4 rings (SSSR count). The average molecular weight is 412 g/mol. The fraction of sp³-hybridized carbons (Fsp3) is 0.478. The second-order valence-electron chi connectivity index (χ2n) is 8.85. The first-order chi connectivity index (χ1) is 14.3. The van der Waals surface area contributed by atoms with E-state index in [1.54, 1.807) is 23.2 Å². The first-order valence-electron chi connectivity index (χ1n) is 10.7. The van der Waals surface area contributed by atoms with Gasteiger partial charge in [-0.3, -0.25) is 9.36 Å². The molecule has 160 valence electrons. The summed E-state index contributed by atoms with van der Waals surface area (Å²) in [6.45, 7) is 6.14. The quantitative estimate of drug-likeness (QED) is 0.793. The molecule has 0 saturated heterocycles. The van der Waals surface area contributed by atoms with Crippen LogP contribution in [0.2, 0.25) is 0 Å². The van der Waals surface area contributed by atoms with Crippen molar-refractivity contribution < 1.29 is 9.18 Å². The van der Waals surface area contributed by atoms with Gasteiger partial charge in [0.1, 0.15) is 28.7 Å². The maximum Gasteiger partial charge on any atom is 0.241 e. The summed E-state index contributed by atoms with van der Waals surface area (Å²) >= 11 is 0. The van der Waals surface area contributed by atoms with Gasteiger partial charge in [-0.05, 0) is 56.9 Å². The third kappa shape index (κ3) is 3.51. The van der Waals surface area contributed by atoms with Crippen LogP contribution in [0.1, 0.15) is 52.3 Å². The van der Waals surface area contributed by atoms with Crippen LogP contribution in [0.3, 0.4) is 0 Å². The highest BCUT2D eigenvalue weighted by atomic mass is 19.1. The predicted molar refractivity (Wildman–Crippen MR) is 117 cm³/mol. The lowest BCUT2D eigenvalue weighted by Crippen LogP contribution is -2.47. The first kappa shape index (κ1) is 20.6. The largest absolute Gasteiger partial charge is 0.366 e. The molecule has 2 heterocycles. The van der Waals surface area contributed by atoms with Gasteiger partial charge in [0.25, 0.3) is 0 Å². The molecular weight excluding hydrogens is 381 g/mol. The number of nitrogens with two attached hydrogens (primary N) is 1. The van der Waals surface area contributed by atoms with Gasteiger partial charge < -0.3 is 16.0 Å². The number of halogens is 1. The van der Waals surface area contributed by atoms with Crippen LogP contribution in [0.5, 0.6) is 0 Å². The fourth-order valence-electron chi connectivity index (χ4n) is 4.58. The van der Waals surface area contributed by atoms with Crippen LogP contribution in [0.25, 0.3) is 17.5 Å². The topological polar surface area (TPSA) is 76.2 Å². The Balaban J connectivity index is 1.82. The summed E-state index contributed by atoms with van der Waals surface area (Å²) in [5.41, 5.74) is 6.56. The maximum atomic E-state index is 13.5. The molecule has 2 atom stereocenters. The number of aromatic nitrogens is 2. The Hall–Kier alpha value is -2.67. The minimum atomic E-state index is -0.669. The lowest BCUT2D eigenvalue weighted by molar-refractivity contribution is -0.132. The van der Waals surface area contributed by atoms with Crippen LogP contribution in [-0.2, 0) is 10.3 Å². The maximum absolute atomic E-state index is 13.5. The lowest BCUT2D eigenvalue weighted by Gasteiger charge is -2.38. The highest BCUT2D eigenvalue weighted by Crippen LogP contribution is 2.40. The highest BCUT2D eigenvalue weighted by Gasteiger charge is 2.39. The Morgan fingerprint density at radius 3 is 2.60 bits per heavy atom. The normalized spacial score (nSPS) is 22.6. The van der Waals surface area contributed by atoms with Gasteiger partial charge in [0.2, 0.25) is 5.91 Å². The molecule has 6 nitrogen and oxygen atoms in total. The lowest BCUT2D eigenvalue weighted by atomic mass is 9.86. The number of imidazole rings is 1. The van der Waals surface area contributed by atoms with E-state index in [0.29, 0.717) is 12.0 Å². The van der Waals surface area contributed by atoms with E-state index in [1.807, 2.05) is 24.6 Å². The Labute approximate surface area is 177 Å². The molecule has 1 saturated carbocycles. The summed E-state index contributed by atoms with van der Waals surface area (Å²) < 4.78 is 15.6. The third-order valence-electron chi connectivity index (χ3n) is 6.42. The Bertz CT molecular complexity index is 963. The van der Waals surface area contributed by atoms with Crippen molar-refractivity contribution in [3.63, 3.8) is 0 Å². The van der Waals surface area contributed by atoms with Gasteiger partial charge in [-0.2, -0.15) is 0 Å². The van der Waals surface area contributed by atoms with Crippen molar-refractivity contribution in [2.75, 3.05) is 11.9 Å². The monoisotopic (exact) mass is 411 g/mol. The van der Waals surface area contributed by atoms with Crippen molar-refractivity contribution >= 4 is 17.9 Å². The molecule has 1 aromatic carbocycles. The standard InChI is InChI=1S/C23H30FN5O/c1-15-6-4-5-7-18(15)26-21-20(16-8-10-17(24)11-9-16)27-22-23(2,3)29(19(30)14-25)13-12-28(21)22/h8-13,15,18,26H,4-7,14,25H2,1-3H3. The number of anilines is 1. The Morgan fingerprint density at radius 2 is 1.93 bits per heavy atom. The smallest absolute Gasteiger partial charge is 0.241 e. The molecule has 2 unspecified atom stereocenters. The van der Waals surface area contributed by atoms with Gasteiger partial charge in [0.05, 0.1) is 6.54 Å². The number of hydrogen-bond acceptors (Lipinski definition) is 4. The number of carbonyl (C=O) groups excluding carboxylic acids is 1. The van der Waals surface area contributed by atoms with E-state index in [2.05, 4.69) is 12.2 Å². The Kier molecular flexibility index (Phi) is 5.40. The minimum Gasteiger partial charge on any atom is -0.366 e. The van der Waals surface area contributed by atoms with E-state index in [-0.39, 0.29) is 18.3 Å². The average Bonchev–Trinajstić information content (AvgIpc) is 3.09. The van der Waals surface area contributed by atoms with Gasteiger partial charge in [-0.1, -0.05) is 19.8 Å². The summed E-state index contributed by atoms with van der Waals surface area (Å²) in [5.74, 6) is 1.75. The van der Waals surface area contributed by atoms with E-state index in [0.717, 1.165) is 29.3 Å². The van der Waals surface area contributed by atoms with Crippen LogP contribution in [0.4, 0.5) is 10.2 Å². The van der Waals surface area contributed by atoms with Crippen LogP contribution in [0, 0.1) is 11.7 Å². The van der Waals surface area contributed by atoms with Gasteiger partial charge in [-0.25, -0.2) is 9.37 Å². The van der Waals surface area contributed by atoms with Crippen molar-refractivity contribution in [2.45, 2.75) is 58.0 Å². The summed E-state index contributed by atoms with van der Waals surface area (Å²) in [7, 11) is 0. The van der Waals surface area contributed by atoms with Gasteiger partial charge in [0.15, 0.2) is 0 Å². The number of hydrogen-bond donors (Lipinski definition) is 2. The molecule has 1 aromatic heterocycles. The molecule has 1 fully saturated rings. The van der Waals surface area contributed by atoms with E-state index in [4.69, 9.17) is 10.7 Å². The molecule has 3 N–H and O–H groups in total. The molecule has 30 heavy (non-hydrogen) atoms. The molecule has 1 amide bonds. The number of fused-ring (bicyclic) bond motifs is 1. The third-order valence-corrected chi connectivity index (χ3v) is 6.42. The molecule has 0 spiro atoms. The van der Waals surface area contributed by atoms with E-state index >= 15 is 0 Å². The van der Waals surface area contributed by atoms with E-state index in [1.165, 1.54) is 31.4 Å². The zero-order chi connectivity index (χ0) is 21.5. The molecule has 2 aliphatic rings. The zero-order valence-electron chi connectivity index (χ0n) is 17.9. The van der Waals surface area contributed by atoms with Gasteiger partial charge in [0, 0.05) is 24.0 Å². The van der Waals surface area contributed by atoms with E-state index < -0.39 is 5.54 Å². The fourth-order valence-corrected chi connectivity index (χ4v) is 4.58. The van der Waals surface area contributed by atoms with Crippen molar-refractivity contribution in [1.29, 1.82) is 0 Å². The molecule has 7 heteroatoms. The highest BCUT2D eigenvalue weighted by molar-refractivity contribution is 5.82. The number of benzene rings is 1. The van der Waals surface area contributed by atoms with Crippen LogP contribution >= 0.6 is 0 Å². The molecule has 0 bridgehead atoms. The zero-order valence-corrected chi connectivity index (χ0v) is 17.9. The first-order valence-corrected chi connectivity index (χ1v) is 10.7. The molecule has 0 radical (unpaired) electrons. The van der Waals surface area contributed by atoms with Crippen LogP contribution in [0.15, 0.2) is 30.5 Å². The van der Waals surface area contributed by atoms with Crippen molar-refractivity contribution in [3.8, 4) is 11.3 Å². The van der Waals surface area contributed by atoms with Gasteiger partial charge in [-0.15, -0.1) is 0 Å². The predicted octanol–water partition coefficient (Wildman–Crippen LogP) is 4.14. The summed E-state index contributed by atoms with van der Waals surface area (Å²) in [4.78, 5) is 19.0. The number of amides is 1. The minimum absolute atomic E-state index is 0.0655.